The first-order valence-electron chi connectivity index (χ1n) is 4.31. The molecule has 0 aliphatic rings. The number of methoxy groups -OCH3 is 1. The van der Waals surface area contributed by atoms with Gasteiger partial charge in [-0.3, -0.25) is 0 Å². The number of ether oxygens (including phenoxy) is 1. The molecule has 0 saturated heterocycles. The van der Waals surface area contributed by atoms with Gasteiger partial charge in [-0.1, -0.05) is 18.2 Å². The van der Waals surface area contributed by atoms with Gasteiger partial charge in [0.1, 0.15) is 5.75 Å². The van der Waals surface area contributed by atoms with Crippen molar-refractivity contribution < 1.29 is 13.5 Å². The highest BCUT2D eigenvalue weighted by Crippen LogP contribution is 2.29. The van der Waals surface area contributed by atoms with Crippen molar-refractivity contribution in [2.75, 3.05) is 13.7 Å². The van der Waals surface area contributed by atoms with Crippen LogP contribution >= 0.6 is 0 Å². The normalized spacial score (nSPS) is 12.9. The van der Waals surface area contributed by atoms with Crippen LogP contribution in [-0.4, -0.2) is 20.1 Å². The van der Waals surface area contributed by atoms with E-state index in [0.717, 1.165) is 0 Å². The van der Waals surface area contributed by atoms with Crippen LogP contribution in [-0.2, 0) is 0 Å². The van der Waals surface area contributed by atoms with Gasteiger partial charge in [0.05, 0.1) is 13.0 Å². The minimum atomic E-state index is -2.46. The van der Waals surface area contributed by atoms with Crippen LogP contribution in [0.3, 0.4) is 0 Å². The molecule has 2 nitrogen and oxygen atoms in total. The summed E-state index contributed by atoms with van der Waals surface area (Å²) in [5.41, 5.74) is 5.76. The first-order valence-corrected chi connectivity index (χ1v) is 4.31. The van der Waals surface area contributed by atoms with Crippen molar-refractivity contribution in [3.63, 3.8) is 0 Å². The van der Waals surface area contributed by atoms with Crippen LogP contribution < -0.4 is 10.5 Å². The molecule has 4 heteroatoms. The Kier molecular flexibility index (Phi) is 3.83. The van der Waals surface area contributed by atoms with Crippen LogP contribution in [0, 0.1) is 0 Å². The van der Waals surface area contributed by atoms with Gasteiger partial charge < -0.3 is 10.5 Å². The van der Waals surface area contributed by atoms with Gasteiger partial charge in [-0.2, -0.15) is 0 Å². The molecule has 0 amide bonds. The van der Waals surface area contributed by atoms with E-state index in [0.29, 0.717) is 11.3 Å². The molecule has 0 heterocycles. The minimum Gasteiger partial charge on any atom is -0.496 e. The average molecular weight is 201 g/mol. The molecule has 0 saturated carbocycles. The molecule has 1 unspecified atom stereocenters. The van der Waals surface area contributed by atoms with Crippen molar-refractivity contribution >= 4 is 0 Å². The molecule has 1 aromatic rings. The molecule has 0 radical (unpaired) electrons. The van der Waals surface area contributed by atoms with Crippen molar-refractivity contribution in [1.29, 1.82) is 0 Å². The zero-order valence-electron chi connectivity index (χ0n) is 7.91. The van der Waals surface area contributed by atoms with E-state index in [-0.39, 0.29) is 6.54 Å². The summed E-state index contributed by atoms with van der Waals surface area (Å²) in [6.45, 7) is -0.0853. The van der Waals surface area contributed by atoms with Gasteiger partial charge in [0.25, 0.3) is 0 Å². The Hall–Kier alpha value is -1.16. The summed E-state index contributed by atoms with van der Waals surface area (Å²) in [7, 11) is 1.46. The van der Waals surface area contributed by atoms with Crippen LogP contribution in [0.5, 0.6) is 5.75 Å². The van der Waals surface area contributed by atoms with E-state index >= 15 is 0 Å². The fourth-order valence-corrected chi connectivity index (χ4v) is 1.34. The molecule has 0 fully saturated rings. The molecule has 0 aliphatic carbocycles. The van der Waals surface area contributed by atoms with E-state index in [1.54, 1.807) is 24.3 Å². The SMILES string of the molecule is COc1ccccc1C(CN)C(F)F. The Balaban J connectivity index is 3.02. The Morgan fingerprint density at radius 3 is 2.50 bits per heavy atom. The quantitative estimate of drug-likeness (QED) is 0.808. The topological polar surface area (TPSA) is 35.2 Å². The number of benzene rings is 1. The fraction of sp³-hybridized carbons (Fsp3) is 0.400. The second kappa shape index (κ2) is 4.91. The van der Waals surface area contributed by atoms with Gasteiger partial charge in [-0.15, -0.1) is 0 Å². The molecule has 1 aromatic carbocycles. The van der Waals surface area contributed by atoms with Crippen LogP contribution in [0.25, 0.3) is 0 Å². The first-order chi connectivity index (χ1) is 6.70. The van der Waals surface area contributed by atoms with Crippen LogP contribution in [0.4, 0.5) is 8.78 Å². The van der Waals surface area contributed by atoms with E-state index < -0.39 is 12.3 Å². The lowest BCUT2D eigenvalue weighted by molar-refractivity contribution is 0.116. The van der Waals surface area contributed by atoms with E-state index in [4.69, 9.17) is 10.5 Å². The average Bonchev–Trinajstić information content (AvgIpc) is 2.19. The zero-order valence-corrected chi connectivity index (χ0v) is 7.91. The standard InChI is InChI=1S/C10H13F2NO/c1-14-9-5-3-2-4-7(9)8(6-13)10(11)12/h2-5,8,10H,6,13H2,1H3. The van der Waals surface area contributed by atoms with Crippen molar-refractivity contribution in [2.45, 2.75) is 12.3 Å². The molecule has 1 rings (SSSR count). The molecule has 1 atom stereocenters. The lowest BCUT2D eigenvalue weighted by atomic mass is 9.99. The van der Waals surface area contributed by atoms with Crippen molar-refractivity contribution in [1.82, 2.24) is 0 Å². The first kappa shape index (κ1) is 10.9. The summed E-state index contributed by atoms with van der Waals surface area (Å²) in [6, 6.07) is 6.70. The smallest absolute Gasteiger partial charge is 0.246 e. The summed E-state index contributed by atoms with van der Waals surface area (Å²) >= 11 is 0. The highest BCUT2D eigenvalue weighted by molar-refractivity contribution is 5.36. The Morgan fingerprint density at radius 2 is 2.00 bits per heavy atom. The third kappa shape index (κ3) is 2.20. The summed E-state index contributed by atoms with van der Waals surface area (Å²) in [6.07, 6.45) is -2.46. The Morgan fingerprint density at radius 1 is 1.36 bits per heavy atom. The lowest BCUT2D eigenvalue weighted by Gasteiger charge is -2.16. The molecule has 0 aliphatic heterocycles. The van der Waals surface area contributed by atoms with Gasteiger partial charge in [0.15, 0.2) is 0 Å². The minimum absolute atomic E-state index is 0.0853. The zero-order chi connectivity index (χ0) is 10.6. The number of halogens is 2. The Bertz CT molecular complexity index is 291. The molecule has 14 heavy (non-hydrogen) atoms. The number of rotatable bonds is 4. The van der Waals surface area contributed by atoms with Gasteiger partial charge in [0, 0.05) is 12.1 Å². The highest BCUT2D eigenvalue weighted by Gasteiger charge is 2.23. The number of hydrogen-bond acceptors (Lipinski definition) is 2. The van der Waals surface area contributed by atoms with Gasteiger partial charge in [-0.05, 0) is 6.07 Å². The monoisotopic (exact) mass is 201 g/mol. The van der Waals surface area contributed by atoms with E-state index in [9.17, 15) is 8.78 Å². The van der Waals surface area contributed by atoms with Crippen LogP contribution in [0.2, 0.25) is 0 Å². The molecule has 0 aromatic heterocycles. The highest BCUT2D eigenvalue weighted by atomic mass is 19.3. The molecular formula is C10H13F2NO. The summed E-state index contributed by atoms with van der Waals surface area (Å²) in [5, 5.41) is 0. The number of hydrogen-bond donors (Lipinski definition) is 1. The number of alkyl halides is 2. The molecular weight excluding hydrogens is 188 g/mol. The lowest BCUT2D eigenvalue weighted by Crippen LogP contribution is -2.20. The fourth-order valence-electron chi connectivity index (χ4n) is 1.34. The third-order valence-corrected chi connectivity index (χ3v) is 2.10. The molecule has 0 bridgehead atoms. The molecule has 0 spiro atoms. The second-order valence-corrected chi connectivity index (χ2v) is 2.92. The molecule has 78 valence electrons. The number of nitrogens with two attached hydrogens (primary N) is 1. The van der Waals surface area contributed by atoms with Crippen molar-refractivity contribution in [2.24, 2.45) is 5.73 Å². The van der Waals surface area contributed by atoms with Crippen molar-refractivity contribution in [3.8, 4) is 5.75 Å². The van der Waals surface area contributed by atoms with E-state index in [1.807, 2.05) is 0 Å². The summed E-state index contributed by atoms with van der Waals surface area (Å²) < 4.78 is 30.1. The van der Waals surface area contributed by atoms with E-state index in [1.165, 1.54) is 7.11 Å². The van der Waals surface area contributed by atoms with E-state index in [2.05, 4.69) is 0 Å². The van der Waals surface area contributed by atoms with Gasteiger partial charge >= 0.3 is 0 Å². The maximum Gasteiger partial charge on any atom is 0.246 e. The molecule has 2 N–H and O–H groups in total. The predicted octanol–water partition coefficient (Wildman–Crippen LogP) is 2.00. The maximum atomic E-state index is 12.6. The summed E-state index contributed by atoms with van der Waals surface area (Å²) in [4.78, 5) is 0. The third-order valence-electron chi connectivity index (χ3n) is 2.10. The Labute approximate surface area is 81.7 Å². The van der Waals surface area contributed by atoms with Gasteiger partial charge in [0.2, 0.25) is 6.43 Å². The van der Waals surface area contributed by atoms with Crippen molar-refractivity contribution in [3.05, 3.63) is 29.8 Å². The predicted molar refractivity (Wildman–Crippen MR) is 50.8 cm³/mol. The van der Waals surface area contributed by atoms with Crippen LogP contribution in [0.1, 0.15) is 11.5 Å². The van der Waals surface area contributed by atoms with Gasteiger partial charge in [-0.25, -0.2) is 8.78 Å². The summed E-state index contributed by atoms with van der Waals surface area (Å²) in [5.74, 6) is -0.491. The second-order valence-electron chi connectivity index (χ2n) is 2.92. The largest absolute Gasteiger partial charge is 0.496 e. The van der Waals surface area contributed by atoms with Crippen LogP contribution in [0.15, 0.2) is 24.3 Å². The maximum absolute atomic E-state index is 12.6. The number of para-hydroxylation sites is 1.